The molecule has 3 nitrogen and oxygen atoms in total. The van der Waals surface area contributed by atoms with Gasteiger partial charge < -0.3 is 9.16 Å². The third-order valence-corrected chi connectivity index (χ3v) is 9.80. The Labute approximate surface area is 107 Å². The monoisotopic (exact) mass is 260 g/mol. The van der Waals surface area contributed by atoms with E-state index in [0.717, 1.165) is 0 Å². The molecule has 0 spiro atoms. The van der Waals surface area contributed by atoms with Crippen LogP contribution in [0.1, 0.15) is 48.5 Å². The van der Waals surface area contributed by atoms with Crippen LogP contribution in [-0.4, -0.2) is 27.5 Å². The van der Waals surface area contributed by atoms with Gasteiger partial charge in [-0.2, -0.15) is 0 Å². The van der Waals surface area contributed by atoms with Crippen molar-refractivity contribution in [2.24, 2.45) is 0 Å². The molecule has 0 aromatic carbocycles. The molecule has 0 aliphatic rings. The molecule has 4 heteroatoms. The van der Waals surface area contributed by atoms with Crippen molar-refractivity contribution in [3.8, 4) is 0 Å². The van der Waals surface area contributed by atoms with Gasteiger partial charge >= 0.3 is 5.97 Å². The Hall–Kier alpha value is -0.353. The molecule has 0 aliphatic heterocycles. The van der Waals surface area contributed by atoms with Crippen molar-refractivity contribution < 1.29 is 14.0 Å². The van der Waals surface area contributed by atoms with E-state index in [9.17, 15) is 4.79 Å². The Bertz CT molecular complexity index is 227. The number of methoxy groups -OCH3 is 1. The highest BCUT2D eigenvalue weighted by Gasteiger charge is 2.47. The summed E-state index contributed by atoms with van der Waals surface area (Å²) in [7, 11) is -0.562. The molecule has 0 aromatic rings. The minimum absolute atomic E-state index is 0.274. The van der Waals surface area contributed by atoms with E-state index in [4.69, 9.17) is 9.16 Å². The molecule has 0 N–H and O–H groups in total. The second kappa shape index (κ2) is 6.54. The summed E-state index contributed by atoms with van der Waals surface area (Å²) in [5, 5.41) is 0. The lowest BCUT2D eigenvalue weighted by molar-refractivity contribution is -0.148. The van der Waals surface area contributed by atoms with Crippen LogP contribution in [0.25, 0.3) is 0 Å². The number of carbonyl (C=O) groups is 1. The molecule has 0 unspecified atom stereocenters. The van der Waals surface area contributed by atoms with Gasteiger partial charge in [-0.15, -0.1) is 0 Å². The molecule has 1 atom stereocenters. The zero-order chi connectivity index (χ0) is 13.8. The number of ether oxygens (including phenoxy) is 1. The summed E-state index contributed by atoms with van der Waals surface area (Å²) >= 11 is 0. The lowest BCUT2D eigenvalue weighted by Gasteiger charge is -2.43. The smallest absolute Gasteiger partial charge is 0.333 e. The highest BCUT2D eigenvalue weighted by molar-refractivity contribution is 6.77. The zero-order valence-electron chi connectivity index (χ0n) is 12.5. The van der Waals surface area contributed by atoms with Crippen LogP contribution in [-0.2, 0) is 14.0 Å². The summed E-state index contributed by atoms with van der Waals surface area (Å²) in [4.78, 5) is 11.5. The van der Waals surface area contributed by atoms with E-state index in [2.05, 4.69) is 41.5 Å². The van der Waals surface area contributed by atoms with Gasteiger partial charge in [-0.3, -0.25) is 0 Å². The number of carbonyl (C=O) groups excluding carboxylic acids is 1. The van der Waals surface area contributed by atoms with Crippen molar-refractivity contribution >= 4 is 14.3 Å². The highest BCUT2D eigenvalue weighted by atomic mass is 28.4. The lowest BCUT2D eigenvalue weighted by atomic mass is 10.4. The van der Waals surface area contributed by atoms with Gasteiger partial charge in [-0.25, -0.2) is 4.79 Å². The van der Waals surface area contributed by atoms with Crippen molar-refractivity contribution in [2.75, 3.05) is 7.11 Å². The topological polar surface area (TPSA) is 35.5 Å². The molecule has 0 aliphatic carbocycles. The number of hydrogen-bond acceptors (Lipinski definition) is 3. The molecule has 17 heavy (non-hydrogen) atoms. The van der Waals surface area contributed by atoms with Gasteiger partial charge in [-0.1, -0.05) is 41.5 Å². The van der Waals surface area contributed by atoms with E-state index >= 15 is 0 Å². The zero-order valence-corrected chi connectivity index (χ0v) is 13.5. The second-order valence-corrected chi connectivity index (χ2v) is 11.0. The molecular formula is C13H28O3Si. The van der Waals surface area contributed by atoms with Crippen molar-refractivity contribution in [2.45, 2.75) is 71.2 Å². The number of hydrogen-bond donors (Lipinski definition) is 0. The van der Waals surface area contributed by atoms with E-state index in [1.165, 1.54) is 7.11 Å². The van der Waals surface area contributed by atoms with E-state index in [1.54, 1.807) is 6.92 Å². The number of esters is 1. The third kappa shape index (κ3) is 3.55. The molecule has 0 saturated carbocycles. The third-order valence-electron chi connectivity index (χ3n) is 3.62. The first-order valence-corrected chi connectivity index (χ1v) is 8.59. The van der Waals surface area contributed by atoms with E-state index < -0.39 is 14.4 Å². The largest absolute Gasteiger partial charge is 0.467 e. The van der Waals surface area contributed by atoms with E-state index in [1.807, 2.05) is 0 Å². The SMILES string of the molecule is COC(=O)[C@H](C)O[Si](C(C)C)(C(C)C)C(C)C. The minimum Gasteiger partial charge on any atom is -0.467 e. The summed E-state index contributed by atoms with van der Waals surface area (Å²) < 4.78 is 11.0. The van der Waals surface area contributed by atoms with Gasteiger partial charge in [0.05, 0.1) is 7.11 Å². The molecule has 0 fully saturated rings. The van der Waals surface area contributed by atoms with Gasteiger partial charge in [0.15, 0.2) is 0 Å². The van der Waals surface area contributed by atoms with Crippen molar-refractivity contribution in [1.29, 1.82) is 0 Å². The van der Waals surface area contributed by atoms with E-state index in [0.29, 0.717) is 16.6 Å². The van der Waals surface area contributed by atoms with E-state index in [-0.39, 0.29) is 5.97 Å². The standard InChI is InChI=1S/C13H28O3Si/c1-9(2)17(10(3)4,11(5)6)16-12(7)13(14)15-8/h9-12H,1-8H3/t12-/m0/s1. The Morgan fingerprint density at radius 3 is 1.47 bits per heavy atom. The summed E-state index contributed by atoms with van der Waals surface area (Å²) in [5.74, 6) is -0.274. The van der Waals surface area contributed by atoms with Crippen LogP contribution in [0.3, 0.4) is 0 Å². The van der Waals surface area contributed by atoms with Crippen LogP contribution in [0.15, 0.2) is 0 Å². The predicted molar refractivity (Wildman–Crippen MR) is 73.6 cm³/mol. The summed E-state index contributed by atoms with van der Waals surface area (Å²) in [5.41, 5.74) is 1.44. The Morgan fingerprint density at radius 2 is 1.24 bits per heavy atom. The van der Waals surface area contributed by atoms with Gasteiger partial charge in [0, 0.05) is 0 Å². The van der Waals surface area contributed by atoms with Crippen molar-refractivity contribution in [3.05, 3.63) is 0 Å². The van der Waals surface area contributed by atoms with Crippen LogP contribution < -0.4 is 0 Å². The number of rotatable bonds is 6. The quantitative estimate of drug-likeness (QED) is 0.539. The molecule has 102 valence electrons. The average Bonchev–Trinajstić information content (AvgIpc) is 2.22. The molecule has 0 rings (SSSR count). The Balaban J connectivity index is 5.12. The van der Waals surface area contributed by atoms with Crippen LogP contribution >= 0.6 is 0 Å². The first-order valence-electron chi connectivity index (χ1n) is 6.45. The van der Waals surface area contributed by atoms with Gasteiger partial charge in [0.2, 0.25) is 8.32 Å². The van der Waals surface area contributed by atoms with Crippen LogP contribution in [0.2, 0.25) is 16.6 Å². The molecule has 0 heterocycles. The summed E-state index contributed by atoms with van der Waals surface area (Å²) in [6, 6.07) is 0. The fourth-order valence-corrected chi connectivity index (χ4v) is 8.45. The van der Waals surface area contributed by atoms with Crippen LogP contribution in [0.4, 0.5) is 0 Å². The Morgan fingerprint density at radius 1 is 0.882 bits per heavy atom. The fourth-order valence-electron chi connectivity index (χ4n) is 2.93. The molecule has 0 bridgehead atoms. The average molecular weight is 260 g/mol. The summed E-state index contributed by atoms with van der Waals surface area (Å²) in [6.07, 6.45) is -0.459. The molecular weight excluding hydrogens is 232 g/mol. The fraction of sp³-hybridized carbons (Fsp3) is 0.923. The van der Waals surface area contributed by atoms with Crippen LogP contribution in [0, 0.1) is 0 Å². The van der Waals surface area contributed by atoms with Crippen molar-refractivity contribution in [1.82, 2.24) is 0 Å². The first-order chi connectivity index (χ1) is 7.70. The maximum atomic E-state index is 11.5. The molecule has 0 radical (unpaired) electrons. The second-order valence-electron chi connectivity index (χ2n) is 5.60. The normalized spacial score (nSPS) is 14.5. The minimum atomic E-state index is -1.97. The van der Waals surface area contributed by atoms with Gasteiger partial charge in [-0.05, 0) is 23.5 Å². The molecule has 0 amide bonds. The highest BCUT2D eigenvalue weighted by Crippen LogP contribution is 2.42. The first kappa shape index (κ1) is 16.6. The maximum Gasteiger partial charge on any atom is 0.333 e. The predicted octanol–water partition coefficient (Wildman–Crippen LogP) is 3.74. The molecule has 0 aromatic heterocycles. The van der Waals surface area contributed by atoms with Crippen molar-refractivity contribution in [3.63, 3.8) is 0 Å². The van der Waals surface area contributed by atoms with Gasteiger partial charge in [0.1, 0.15) is 6.10 Å². The Kier molecular flexibility index (Phi) is 6.41. The summed E-state index contributed by atoms with van der Waals surface area (Å²) in [6.45, 7) is 15.0. The van der Waals surface area contributed by atoms with Crippen LogP contribution in [0.5, 0.6) is 0 Å². The maximum absolute atomic E-state index is 11.5. The molecule has 0 saturated heterocycles. The van der Waals surface area contributed by atoms with Gasteiger partial charge in [0.25, 0.3) is 0 Å². The lowest BCUT2D eigenvalue weighted by Crippen LogP contribution is -2.51.